The largest absolute Gasteiger partial charge is 0.208 e. The van der Waals surface area contributed by atoms with Crippen molar-refractivity contribution in [1.29, 1.82) is 5.26 Å². The van der Waals surface area contributed by atoms with Crippen LogP contribution in [-0.4, -0.2) is 15.0 Å². The van der Waals surface area contributed by atoms with Gasteiger partial charge in [0.15, 0.2) is 17.5 Å². The molecule has 2 bridgehead atoms. The minimum atomic E-state index is 0.311. The Balaban J connectivity index is 1.19. The van der Waals surface area contributed by atoms with E-state index < -0.39 is 0 Å². The first-order valence-corrected chi connectivity index (χ1v) is 17.2. The van der Waals surface area contributed by atoms with Gasteiger partial charge in [0.1, 0.15) is 0 Å². The van der Waals surface area contributed by atoms with E-state index in [4.69, 9.17) is 15.0 Å². The molecule has 2 saturated carbocycles. The first-order chi connectivity index (χ1) is 23.6. The summed E-state index contributed by atoms with van der Waals surface area (Å²) in [6.07, 6.45) is 8.03. The first-order valence-electron chi connectivity index (χ1n) is 17.2. The summed E-state index contributed by atoms with van der Waals surface area (Å²) in [5, 5.41) is 9.52. The molecular formula is C44H38N4. The number of hydrogen-bond donors (Lipinski definition) is 0. The quantitative estimate of drug-likeness (QED) is 0.185. The lowest BCUT2D eigenvalue weighted by Gasteiger charge is -2.48. The van der Waals surface area contributed by atoms with Gasteiger partial charge in [0.05, 0.1) is 11.6 Å². The molecule has 6 aromatic rings. The van der Waals surface area contributed by atoms with Gasteiger partial charge in [-0.2, -0.15) is 5.26 Å². The molecule has 0 amide bonds. The lowest BCUT2D eigenvalue weighted by Crippen LogP contribution is -2.39. The third-order valence-corrected chi connectivity index (χ3v) is 10.5. The minimum absolute atomic E-state index is 0.311. The Hall–Kier alpha value is -5.40. The van der Waals surface area contributed by atoms with Crippen LogP contribution in [0.25, 0.3) is 56.4 Å². The van der Waals surface area contributed by atoms with Crippen LogP contribution < -0.4 is 0 Å². The first kappa shape index (κ1) is 30.0. The molecule has 2 aliphatic rings. The van der Waals surface area contributed by atoms with E-state index >= 15 is 0 Å². The lowest BCUT2D eigenvalue weighted by molar-refractivity contribution is 0.110. The van der Waals surface area contributed by atoms with Gasteiger partial charge in [-0.15, -0.1) is 0 Å². The summed E-state index contributed by atoms with van der Waals surface area (Å²) in [6, 6.07) is 46.1. The molecule has 5 aromatic carbocycles. The van der Waals surface area contributed by atoms with Crippen molar-refractivity contribution in [3.63, 3.8) is 0 Å². The fourth-order valence-electron chi connectivity index (χ4n) is 8.46. The fraction of sp³-hybridized carbons (Fsp3) is 0.227. The molecule has 0 saturated heterocycles. The second-order valence-electron chi connectivity index (χ2n) is 13.9. The van der Waals surface area contributed by atoms with Crippen molar-refractivity contribution in [2.24, 2.45) is 11.8 Å². The van der Waals surface area contributed by atoms with Crippen molar-refractivity contribution in [1.82, 2.24) is 15.0 Å². The maximum atomic E-state index is 9.52. The van der Waals surface area contributed by atoms with E-state index in [9.17, 15) is 5.26 Å². The Morgan fingerprint density at radius 1 is 0.604 bits per heavy atom. The van der Waals surface area contributed by atoms with Crippen molar-refractivity contribution >= 4 is 0 Å². The van der Waals surface area contributed by atoms with Crippen molar-refractivity contribution in [2.75, 3.05) is 0 Å². The third kappa shape index (κ3) is 5.82. The van der Waals surface area contributed by atoms with E-state index in [1.165, 1.54) is 44.1 Å². The molecule has 1 aromatic heterocycles. The number of aromatic nitrogens is 3. The normalized spacial score (nSPS) is 20.2. The van der Waals surface area contributed by atoms with E-state index in [-0.39, 0.29) is 0 Å². The van der Waals surface area contributed by atoms with E-state index in [1.54, 1.807) is 0 Å². The monoisotopic (exact) mass is 622 g/mol. The van der Waals surface area contributed by atoms with Crippen LogP contribution in [0.4, 0.5) is 0 Å². The molecule has 0 spiro atoms. The molecule has 4 heteroatoms. The van der Waals surface area contributed by atoms with E-state index in [0.29, 0.717) is 28.5 Å². The van der Waals surface area contributed by atoms with Gasteiger partial charge in [0.2, 0.25) is 0 Å². The van der Waals surface area contributed by atoms with Crippen LogP contribution in [-0.2, 0) is 5.41 Å². The highest BCUT2D eigenvalue weighted by molar-refractivity contribution is 5.85. The predicted octanol–water partition coefficient (Wildman–Crippen LogP) is 10.9. The Kier molecular flexibility index (Phi) is 7.90. The number of nitriles is 1. The number of hydrogen-bond acceptors (Lipinski definition) is 4. The van der Waals surface area contributed by atoms with Crippen molar-refractivity contribution in [2.45, 2.75) is 50.9 Å². The number of fused-ring (bicyclic) bond motifs is 2. The average molecular weight is 623 g/mol. The highest BCUT2D eigenvalue weighted by atomic mass is 15.0. The third-order valence-electron chi connectivity index (χ3n) is 10.5. The molecule has 4 nitrogen and oxygen atoms in total. The van der Waals surface area contributed by atoms with Gasteiger partial charge in [-0.3, -0.25) is 0 Å². The van der Waals surface area contributed by atoms with Crippen LogP contribution in [0.2, 0.25) is 0 Å². The molecule has 0 N–H and O–H groups in total. The molecular weight excluding hydrogens is 585 g/mol. The predicted molar refractivity (Wildman–Crippen MR) is 194 cm³/mol. The minimum Gasteiger partial charge on any atom is -0.208 e. The van der Waals surface area contributed by atoms with Crippen LogP contribution in [0, 0.1) is 23.2 Å². The second kappa shape index (κ2) is 12.7. The molecule has 0 aliphatic heterocycles. The van der Waals surface area contributed by atoms with Crippen LogP contribution in [0.5, 0.6) is 0 Å². The highest BCUT2D eigenvalue weighted by Gasteiger charge is 2.42. The van der Waals surface area contributed by atoms with Gasteiger partial charge in [-0.25, -0.2) is 15.0 Å². The van der Waals surface area contributed by atoms with Gasteiger partial charge >= 0.3 is 0 Å². The molecule has 2 fully saturated rings. The molecule has 0 radical (unpaired) electrons. The summed E-state index contributed by atoms with van der Waals surface area (Å²) in [7, 11) is 0. The SMILES string of the molecule is C[C@H]1C[C@H]2CCCC(c3ccc(-c4nc(-c5ccccc5)nc(-c5cccc(-c6ccccc6-c6cccc(C#N)c6)c5)n4)cc3)(C1)C2. The van der Waals surface area contributed by atoms with E-state index in [1.807, 2.05) is 42.5 Å². The number of rotatable bonds is 6. The van der Waals surface area contributed by atoms with Crippen LogP contribution >= 0.6 is 0 Å². The van der Waals surface area contributed by atoms with Crippen LogP contribution in [0.15, 0.2) is 127 Å². The van der Waals surface area contributed by atoms with Gasteiger partial charge in [0, 0.05) is 16.7 Å². The van der Waals surface area contributed by atoms with Gasteiger partial charge < -0.3 is 0 Å². The van der Waals surface area contributed by atoms with Crippen LogP contribution in [0.3, 0.4) is 0 Å². The molecule has 234 valence electrons. The van der Waals surface area contributed by atoms with E-state index in [2.05, 4.69) is 97.9 Å². The van der Waals surface area contributed by atoms with Crippen molar-refractivity contribution in [3.8, 4) is 62.5 Å². The van der Waals surface area contributed by atoms with E-state index in [0.717, 1.165) is 50.8 Å². The summed E-state index contributed by atoms with van der Waals surface area (Å²) in [5.74, 6) is 3.64. The maximum absolute atomic E-state index is 9.52. The molecule has 1 unspecified atom stereocenters. The zero-order chi connectivity index (χ0) is 32.5. The fourth-order valence-corrected chi connectivity index (χ4v) is 8.46. The van der Waals surface area contributed by atoms with Gasteiger partial charge in [-0.05, 0) is 89.0 Å². The molecule has 1 heterocycles. The number of benzene rings is 5. The topological polar surface area (TPSA) is 62.5 Å². The smallest absolute Gasteiger partial charge is 0.164 e. The maximum Gasteiger partial charge on any atom is 0.164 e. The summed E-state index contributed by atoms with van der Waals surface area (Å²) in [5.41, 5.74) is 9.56. The molecule has 8 rings (SSSR count). The summed E-state index contributed by atoms with van der Waals surface area (Å²) < 4.78 is 0. The summed E-state index contributed by atoms with van der Waals surface area (Å²) in [4.78, 5) is 15.1. The Labute approximate surface area is 283 Å². The standard InChI is InChI=1S/C44H38N4/c1-30-24-31-11-9-23-44(27-30,28-31)38-21-19-34(20-22-38)42-46-41(33-12-3-2-4-13-33)47-43(48-42)37-16-8-15-36(26-37)40-18-6-5-17-39(40)35-14-7-10-32(25-35)29-45/h2-8,10,12-22,25-26,30-31H,9,11,23-24,27-28H2,1H3/t30-,31+,44?/m0/s1. The Bertz CT molecular complexity index is 2130. The Morgan fingerprint density at radius 2 is 1.19 bits per heavy atom. The van der Waals surface area contributed by atoms with Gasteiger partial charge in [0.25, 0.3) is 0 Å². The molecule has 2 aliphatic carbocycles. The van der Waals surface area contributed by atoms with Crippen molar-refractivity contribution < 1.29 is 0 Å². The highest BCUT2D eigenvalue weighted by Crippen LogP contribution is 2.52. The second-order valence-corrected chi connectivity index (χ2v) is 13.9. The summed E-state index contributed by atoms with van der Waals surface area (Å²) in [6.45, 7) is 2.44. The van der Waals surface area contributed by atoms with Crippen LogP contribution in [0.1, 0.15) is 56.6 Å². The summed E-state index contributed by atoms with van der Waals surface area (Å²) >= 11 is 0. The zero-order valence-electron chi connectivity index (χ0n) is 27.3. The van der Waals surface area contributed by atoms with Crippen molar-refractivity contribution in [3.05, 3.63) is 139 Å². The lowest BCUT2D eigenvalue weighted by atomic mass is 9.57. The Morgan fingerprint density at radius 3 is 1.90 bits per heavy atom. The molecule has 3 atom stereocenters. The average Bonchev–Trinajstić information content (AvgIpc) is 3.15. The molecule has 48 heavy (non-hydrogen) atoms. The number of nitrogens with zero attached hydrogens (tertiary/aromatic N) is 4. The zero-order valence-corrected chi connectivity index (χ0v) is 27.3. The van der Waals surface area contributed by atoms with Gasteiger partial charge in [-0.1, -0.05) is 129 Å².